The fourth-order valence-electron chi connectivity index (χ4n) is 2.57. The van der Waals surface area contributed by atoms with Gasteiger partial charge in [0.25, 0.3) is 0 Å². The minimum absolute atomic E-state index is 0.384. The number of halogens is 4. The van der Waals surface area contributed by atoms with E-state index in [1.807, 2.05) is 0 Å². The Kier molecular flexibility index (Phi) is 3.41. The van der Waals surface area contributed by atoms with Gasteiger partial charge >= 0.3 is 6.18 Å². The van der Waals surface area contributed by atoms with E-state index in [2.05, 4.69) is 0 Å². The van der Waals surface area contributed by atoms with E-state index < -0.39 is 22.4 Å². The molecule has 1 saturated carbocycles. The maximum absolute atomic E-state index is 12.7. The fraction of sp³-hybridized carbons (Fsp3) is 0.462. The topological polar surface area (TPSA) is 17.1 Å². The van der Waals surface area contributed by atoms with Crippen LogP contribution in [0.1, 0.15) is 36.8 Å². The predicted molar refractivity (Wildman–Crippen MR) is 62.5 cm³/mol. The summed E-state index contributed by atoms with van der Waals surface area (Å²) in [7, 11) is 0. The van der Waals surface area contributed by atoms with Gasteiger partial charge in [-0.3, -0.25) is 4.79 Å². The highest BCUT2D eigenvalue weighted by molar-refractivity contribution is 6.65. The number of benzene rings is 1. The normalized spacial score (nSPS) is 18.9. The van der Waals surface area contributed by atoms with Gasteiger partial charge in [0.15, 0.2) is 0 Å². The lowest BCUT2D eigenvalue weighted by Gasteiger charge is -2.25. The van der Waals surface area contributed by atoms with E-state index in [1.165, 1.54) is 6.07 Å². The van der Waals surface area contributed by atoms with Crippen LogP contribution in [0.4, 0.5) is 13.2 Å². The number of carbonyl (C=O) groups excluding carboxylic acids is 1. The molecule has 0 aromatic heterocycles. The van der Waals surface area contributed by atoms with Crippen LogP contribution in [0.25, 0.3) is 0 Å². The van der Waals surface area contributed by atoms with Crippen molar-refractivity contribution in [2.45, 2.75) is 37.3 Å². The minimum Gasteiger partial charge on any atom is -0.280 e. The number of hydrogen-bond acceptors (Lipinski definition) is 1. The largest absolute Gasteiger partial charge is 0.416 e. The van der Waals surface area contributed by atoms with E-state index in [0.717, 1.165) is 25.0 Å². The van der Waals surface area contributed by atoms with E-state index in [1.54, 1.807) is 6.07 Å². The van der Waals surface area contributed by atoms with Gasteiger partial charge in [-0.25, -0.2) is 0 Å². The Morgan fingerprint density at radius 1 is 1.22 bits per heavy atom. The predicted octanol–water partition coefficient (Wildman–Crippen LogP) is 4.28. The molecule has 0 bridgehead atoms. The summed E-state index contributed by atoms with van der Waals surface area (Å²) in [6.07, 6.45) is -1.72. The summed E-state index contributed by atoms with van der Waals surface area (Å²) in [6, 6.07) is 4.94. The molecule has 0 unspecified atom stereocenters. The first-order valence-electron chi connectivity index (χ1n) is 5.74. The van der Waals surface area contributed by atoms with Crippen LogP contribution in [-0.2, 0) is 16.4 Å². The van der Waals surface area contributed by atoms with Crippen molar-refractivity contribution in [3.05, 3.63) is 35.4 Å². The molecule has 2 rings (SSSR count). The number of carbonyl (C=O) groups is 1. The van der Waals surface area contributed by atoms with Crippen LogP contribution in [0, 0.1) is 0 Å². The molecule has 0 amide bonds. The van der Waals surface area contributed by atoms with Crippen molar-refractivity contribution < 1.29 is 18.0 Å². The highest BCUT2D eigenvalue weighted by Gasteiger charge is 2.42. The third kappa shape index (κ3) is 2.26. The maximum Gasteiger partial charge on any atom is 0.416 e. The summed E-state index contributed by atoms with van der Waals surface area (Å²) in [5, 5.41) is -0.556. The smallest absolute Gasteiger partial charge is 0.280 e. The zero-order valence-electron chi connectivity index (χ0n) is 9.56. The van der Waals surface area contributed by atoms with Crippen molar-refractivity contribution in [3.63, 3.8) is 0 Å². The number of hydrogen-bond donors (Lipinski definition) is 0. The van der Waals surface area contributed by atoms with Gasteiger partial charge in [0.05, 0.1) is 11.0 Å². The summed E-state index contributed by atoms with van der Waals surface area (Å²) in [4.78, 5) is 11.6. The average Bonchev–Trinajstić information content (AvgIpc) is 2.78. The lowest BCUT2D eigenvalue weighted by atomic mass is 9.79. The molecule has 1 nitrogen and oxygen atoms in total. The third-order valence-electron chi connectivity index (χ3n) is 3.58. The number of alkyl halides is 3. The number of rotatable bonds is 2. The summed E-state index contributed by atoms with van der Waals surface area (Å²) in [5.41, 5.74) is -1.28. The Morgan fingerprint density at radius 3 is 2.33 bits per heavy atom. The first-order chi connectivity index (χ1) is 8.36. The lowest BCUT2D eigenvalue weighted by molar-refractivity contribution is -0.137. The molecule has 0 saturated heterocycles. The van der Waals surface area contributed by atoms with Crippen LogP contribution < -0.4 is 0 Å². The van der Waals surface area contributed by atoms with Gasteiger partial charge in [-0.05, 0) is 36.1 Å². The third-order valence-corrected chi connectivity index (χ3v) is 3.94. The molecular weight excluding hydrogens is 265 g/mol. The van der Waals surface area contributed by atoms with Gasteiger partial charge in [0.1, 0.15) is 0 Å². The first-order valence-corrected chi connectivity index (χ1v) is 6.12. The van der Waals surface area contributed by atoms with Crippen LogP contribution in [0.3, 0.4) is 0 Å². The Labute approximate surface area is 108 Å². The van der Waals surface area contributed by atoms with Crippen LogP contribution in [0.15, 0.2) is 24.3 Å². The molecule has 0 heterocycles. The highest BCUT2D eigenvalue weighted by atomic mass is 35.5. The van der Waals surface area contributed by atoms with E-state index in [0.29, 0.717) is 18.4 Å². The Balaban J connectivity index is 2.47. The van der Waals surface area contributed by atoms with Crippen molar-refractivity contribution >= 4 is 16.8 Å². The molecule has 5 heteroatoms. The van der Waals surface area contributed by atoms with Gasteiger partial charge < -0.3 is 0 Å². The van der Waals surface area contributed by atoms with Gasteiger partial charge in [-0.2, -0.15) is 13.2 Å². The highest BCUT2D eigenvalue weighted by Crippen LogP contribution is 2.44. The zero-order chi connectivity index (χ0) is 13.4. The molecule has 1 aliphatic rings. The fourth-order valence-corrected chi connectivity index (χ4v) is 2.87. The quantitative estimate of drug-likeness (QED) is 0.737. The Hall–Kier alpha value is -1.03. The maximum atomic E-state index is 12.7. The Morgan fingerprint density at radius 2 is 1.83 bits per heavy atom. The summed E-state index contributed by atoms with van der Waals surface area (Å²) >= 11 is 5.62. The summed E-state index contributed by atoms with van der Waals surface area (Å²) in [5.74, 6) is 0. The molecule has 0 spiro atoms. The van der Waals surface area contributed by atoms with Gasteiger partial charge in [0.2, 0.25) is 5.24 Å². The second-order valence-electron chi connectivity index (χ2n) is 4.64. The molecule has 18 heavy (non-hydrogen) atoms. The molecule has 1 aromatic carbocycles. The van der Waals surface area contributed by atoms with Gasteiger partial charge in [-0.1, -0.05) is 31.0 Å². The molecule has 0 aliphatic heterocycles. The molecule has 98 valence electrons. The molecule has 0 atom stereocenters. The second kappa shape index (κ2) is 4.57. The van der Waals surface area contributed by atoms with Crippen molar-refractivity contribution in [1.82, 2.24) is 0 Å². The first kappa shape index (κ1) is 13.4. The lowest BCUT2D eigenvalue weighted by Crippen LogP contribution is -2.29. The van der Waals surface area contributed by atoms with E-state index in [4.69, 9.17) is 11.6 Å². The summed E-state index contributed by atoms with van der Waals surface area (Å²) < 4.78 is 38.0. The van der Waals surface area contributed by atoms with Crippen LogP contribution in [0.2, 0.25) is 0 Å². The van der Waals surface area contributed by atoms with Crippen molar-refractivity contribution in [1.29, 1.82) is 0 Å². The van der Waals surface area contributed by atoms with Crippen molar-refractivity contribution in [2.24, 2.45) is 0 Å². The molecule has 1 aliphatic carbocycles. The van der Waals surface area contributed by atoms with E-state index >= 15 is 0 Å². The van der Waals surface area contributed by atoms with Crippen LogP contribution in [0.5, 0.6) is 0 Å². The average molecular weight is 277 g/mol. The molecule has 0 N–H and O–H groups in total. The molecule has 0 radical (unpaired) electrons. The van der Waals surface area contributed by atoms with E-state index in [-0.39, 0.29) is 0 Å². The van der Waals surface area contributed by atoms with Crippen molar-refractivity contribution in [2.75, 3.05) is 0 Å². The minimum atomic E-state index is -4.40. The summed E-state index contributed by atoms with van der Waals surface area (Å²) in [6.45, 7) is 0. The van der Waals surface area contributed by atoms with Gasteiger partial charge in [-0.15, -0.1) is 0 Å². The monoisotopic (exact) mass is 276 g/mol. The van der Waals surface area contributed by atoms with E-state index in [9.17, 15) is 18.0 Å². The SMILES string of the molecule is O=C(Cl)C1(c2cccc(C(F)(F)F)c2)CCCC1. The van der Waals surface area contributed by atoms with Crippen LogP contribution in [-0.4, -0.2) is 5.24 Å². The molecule has 1 aromatic rings. The van der Waals surface area contributed by atoms with Crippen LogP contribution >= 0.6 is 11.6 Å². The molecule has 1 fully saturated rings. The molecular formula is C13H12ClF3O. The Bertz CT molecular complexity index is 462. The zero-order valence-corrected chi connectivity index (χ0v) is 10.3. The standard InChI is InChI=1S/C13H12ClF3O/c14-11(18)12(6-1-2-7-12)9-4-3-5-10(8-9)13(15,16)17/h3-5,8H,1-2,6-7H2. The van der Waals surface area contributed by atoms with Crippen molar-refractivity contribution in [3.8, 4) is 0 Å². The second-order valence-corrected chi connectivity index (χ2v) is 4.98. The van der Waals surface area contributed by atoms with Gasteiger partial charge in [0, 0.05) is 0 Å².